The summed E-state index contributed by atoms with van der Waals surface area (Å²) in [6, 6.07) is 5.65. The Hall–Kier alpha value is -1.23. The van der Waals surface area contributed by atoms with Crippen LogP contribution in [0.1, 0.15) is 39.7 Å². The number of hydrogen-bond donors (Lipinski definition) is 0. The number of alkyl halides is 1. The van der Waals surface area contributed by atoms with Gasteiger partial charge in [-0.15, -0.1) is 0 Å². The Morgan fingerprint density at radius 3 is 2.59 bits per heavy atom. The van der Waals surface area contributed by atoms with Gasteiger partial charge in [0.05, 0.1) is 13.2 Å². The highest BCUT2D eigenvalue weighted by atomic mass is 79.9. The number of carbonyl (C=O) groups is 1. The van der Waals surface area contributed by atoms with Crippen LogP contribution in [-0.2, 0) is 16.0 Å². The van der Waals surface area contributed by atoms with Gasteiger partial charge in [-0.05, 0) is 51.0 Å². The molecule has 0 spiro atoms. The predicted octanol–water partition coefficient (Wildman–Crippen LogP) is 4.13. The zero-order chi connectivity index (χ0) is 16.6. The second-order valence-corrected chi connectivity index (χ2v) is 6.18. The van der Waals surface area contributed by atoms with Gasteiger partial charge in [-0.2, -0.15) is 0 Å². The van der Waals surface area contributed by atoms with Crippen LogP contribution in [0.4, 0.5) is 0 Å². The summed E-state index contributed by atoms with van der Waals surface area (Å²) >= 11 is 3.35. The van der Waals surface area contributed by atoms with E-state index < -0.39 is 5.60 Å². The van der Waals surface area contributed by atoms with Crippen molar-refractivity contribution in [3.8, 4) is 11.5 Å². The summed E-state index contributed by atoms with van der Waals surface area (Å²) in [5.41, 5.74) is 0.0678. The van der Waals surface area contributed by atoms with Crippen molar-refractivity contribution < 1.29 is 19.0 Å². The molecule has 22 heavy (non-hydrogen) atoms. The van der Waals surface area contributed by atoms with Crippen molar-refractivity contribution in [3.05, 3.63) is 23.8 Å². The molecule has 1 aromatic rings. The first-order valence-electron chi connectivity index (χ1n) is 7.62. The van der Waals surface area contributed by atoms with Crippen LogP contribution in [0.5, 0.6) is 11.5 Å². The average Bonchev–Trinajstić information content (AvgIpc) is 2.46. The van der Waals surface area contributed by atoms with Crippen LogP contribution in [-0.4, -0.2) is 30.1 Å². The second-order valence-electron chi connectivity index (χ2n) is 5.39. The third kappa shape index (κ3) is 5.52. The van der Waals surface area contributed by atoms with Crippen molar-refractivity contribution >= 4 is 21.9 Å². The molecule has 0 amide bonds. The Morgan fingerprint density at radius 1 is 1.27 bits per heavy atom. The number of carbonyl (C=O) groups excluding carboxylic acids is 1. The standard InChI is InChI=1S/C17H25BrO4/c1-5-7-13-12-14(8-9-15(13)21-11-10-18)22-17(3,4)16(19)20-6-2/h8-9,12H,5-7,10-11H2,1-4H3. The summed E-state index contributed by atoms with van der Waals surface area (Å²) in [6.45, 7) is 8.27. The van der Waals surface area contributed by atoms with E-state index in [2.05, 4.69) is 22.9 Å². The third-order valence-corrected chi connectivity index (χ3v) is 3.35. The van der Waals surface area contributed by atoms with Gasteiger partial charge in [-0.25, -0.2) is 4.79 Å². The molecule has 0 saturated heterocycles. The predicted molar refractivity (Wildman–Crippen MR) is 91.1 cm³/mol. The normalized spacial score (nSPS) is 11.1. The van der Waals surface area contributed by atoms with Gasteiger partial charge in [-0.1, -0.05) is 29.3 Å². The molecule has 0 aliphatic heterocycles. The smallest absolute Gasteiger partial charge is 0.349 e. The summed E-state index contributed by atoms with van der Waals surface area (Å²) in [6.07, 6.45) is 1.91. The molecule has 0 atom stereocenters. The van der Waals surface area contributed by atoms with Crippen LogP contribution in [0.2, 0.25) is 0 Å². The van der Waals surface area contributed by atoms with Gasteiger partial charge in [-0.3, -0.25) is 0 Å². The molecule has 0 aliphatic carbocycles. The molecule has 0 bridgehead atoms. The number of ether oxygens (including phenoxy) is 3. The highest BCUT2D eigenvalue weighted by Gasteiger charge is 2.31. The lowest BCUT2D eigenvalue weighted by Gasteiger charge is -2.24. The molecule has 124 valence electrons. The van der Waals surface area contributed by atoms with Gasteiger partial charge >= 0.3 is 5.97 Å². The summed E-state index contributed by atoms with van der Waals surface area (Å²) in [4.78, 5) is 11.9. The monoisotopic (exact) mass is 372 g/mol. The fourth-order valence-corrected chi connectivity index (χ4v) is 2.18. The van der Waals surface area contributed by atoms with Crippen molar-refractivity contribution in [3.63, 3.8) is 0 Å². The molecule has 0 fully saturated rings. The van der Waals surface area contributed by atoms with Crippen molar-refractivity contribution in [1.82, 2.24) is 0 Å². The molecule has 1 aromatic carbocycles. The number of rotatable bonds is 9. The Balaban J connectivity index is 2.91. The lowest BCUT2D eigenvalue weighted by Crippen LogP contribution is -2.39. The van der Waals surface area contributed by atoms with E-state index in [9.17, 15) is 4.79 Å². The van der Waals surface area contributed by atoms with Crippen molar-refractivity contribution in [2.45, 2.75) is 46.1 Å². The fourth-order valence-electron chi connectivity index (χ4n) is 2.01. The molecular formula is C17H25BrO4. The molecule has 0 unspecified atom stereocenters. The van der Waals surface area contributed by atoms with E-state index in [4.69, 9.17) is 14.2 Å². The van der Waals surface area contributed by atoms with Crippen LogP contribution in [0.3, 0.4) is 0 Å². The van der Waals surface area contributed by atoms with Crippen molar-refractivity contribution in [2.24, 2.45) is 0 Å². The lowest BCUT2D eigenvalue weighted by atomic mass is 10.1. The van der Waals surface area contributed by atoms with E-state index in [0.29, 0.717) is 19.0 Å². The van der Waals surface area contributed by atoms with Crippen LogP contribution < -0.4 is 9.47 Å². The highest BCUT2D eigenvalue weighted by Crippen LogP contribution is 2.28. The van der Waals surface area contributed by atoms with Gasteiger partial charge in [0.2, 0.25) is 0 Å². The first-order valence-corrected chi connectivity index (χ1v) is 8.74. The number of benzene rings is 1. The fraction of sp³-hybridized carbons (Fsp3) is 0.588. The summed E-state index contributed by atoms with van der Waals surface area (Å²) < 4.78 is 16.6. The maximum atomic E-state index is 11.9. The van der Waals surface area contributed by atoms with E-state index in [1.807, 2.05) is 18.2 Å². The molecule has 0 saturated carbocycles. The topological polar surface area (TPSA) is 44.8 Å². The van der Waals surface area contributed by atoms with Gasteiger partial charge in [0.15, 0.2) is 5.60 Å². The van der Waals surface area contributed by atoms with E-state index in [1.54, 1.807) is 20.8 Å². The molecular weight excluding hydrogens is 348 g/mol. The van der Waals surface area contributed by atoms with Gasteiger partial charge in [0, 0.05) is 5.33 Å². The summed E-state index contributed by atoms with van der Waals surface area (Å²) in [5, 5.41) is 0.784. The number of aryl methyl sites for hydroxylation is 1. The Kier molecular flexibility index (Phi) is 7.73. The van der Waals surface area contributed by atoms with Crippen LogP contribution in [0.15, 0.2) is 18.2 Å². The van der Waals surface area contributed by atoms with Gasteiger partial charge < -0.3 is 14.2 Å². The summed E-state index contributed by atoms with van der Waals surface area (Å²) in [5.74, 6) is 1.14. The largest absolute Gasteiger partial charge is 0.492 e. The van der Waals surface area contributed by atoms with Crippen molar-refractivity contribution in [2.75, 3.05) is 18.5 Å². The Morgan fingerprint density at radius 2 is 2.00 bits per heavy atom. The first-order chi connectivity index (χ1) is 10.4. The molecule has 1 rings (SSSR count). The van der Waals surface area contributed by atoms with Crippen LogP contribution >= 0.6 is 15.9 Å². The molecule has 0 N–H and O–H groups in total. The minimum Gasteiger partial charge on any atom is -0.492 e. The molecule has 5 heteroatoms. The van der Waals surface area contributed by atoms with E-state index in [-0.39, 0.29) is 5.97 Å². The zero-order valence-corrected chi connectivity index (χ0v) is 15.4. The third-order valence-electron chi connectivity index (χ3n) is 3.03. The minimum atomic E-state index is -1.02. The maximum absolute atomic E-state index is 11.9. The molecule has 0 aromatic heterocycles. The number of esters is 1. The van der Waals surface area contributed by atoms with Crippen LogP contribution in [0.25, 0.3) is 0 Å². The second kappa shape index (κ2) is 9.03. The van der Waals surface area contributed by atoms with Gasteiger partial charge in [0.25, 0.3) is 0 Å². The van der Waals surface area contributed by atoms with Crippen molar-refractivity contribution in [1.29, 1.82) is 0 Å². The number of hydrogen-bond acceptors (Lipinski definition) is 4. The Bertz CT molecular complexity index is 486. The SMILES string of the molecule is CCCc1cc(OC(C)(C)C(=O)OCC)ccc1OCCBr. The number of halogens is 1. The van der Waals surface area contributed by atoms with E-state index in [1.165, 1.54) is 0 Å². The zero-order valence-electron chi connectivity index (χ0n) is 13.8. The average molecular weight is 373 g/mol. The summed E-state index contributed by atoms with van der Waals surface area (Å²) in [7, 11) is 0. The lowest BCUT2D eigenvalue weighted by molar-refractivity contribution is -0.158. The maximum Gasteiger partial charge on any atom is 0.349 e. The minimum absolute atomic E-state index is 0.339. The Labute approximate surface area is 141 Å². The van der Waals surface area contributed by atoms with Gasteiger partial charge in [0.1, 0.15) is 11.5 Å². The molecule has 4 nitrogen and oxygen atoms in total. The van der Waals surface area contributed by atoms with E-state index in [0.717, 1.165) is 29.5 Å². The highest BCUT2D eigenvalue weighted by molar-refractivity contribution is 9.09. The molecule has 0 aliphatic rings. The van der Waals surface area contributed by atoms with Crippen LogP contribution in [0, 0.1) is 0 Å². The first kappa shape index (κ1) is 18.8. The quantitative estimate of drug-likeness (QED) is 0.482. The molecule has 0 radical (unpaired) electrons. The molecule has 0 heterocycles. The van der Waals surface area contributed by atoms with E-state index >= 15 is 0 Å².